The highest BCUT2D eigenvalue weighted by molar-refractivity contribution is 6.73. The number of halogens is 3. The van der Waals surface area contributed by atoms with Gasteiger partial charge in [0.25, 0.3) is 0 Å². The van der Waals surface area contributed by atoms with Crippen LogP contribution in [0.15, 0.2) is 18.3 Å². The number of rotatable bonds is 2. The second-order valence-electron chi connectivity index (χ2n) is 2.73. The van der Waals surface area contributed by atoms with Gasteiger partial charge in [-0.1, -0.05) is 6.07 Å². The van der Waals surface area contributed by atoms with E-state index in [4.69, 9.17) is 0 Å². The highest BCUT2D eigenvalue weighted by Gasteiger charge is 2.25. The van der Waals surface area contributed by atoms with Gasteiger partial charge in [0.15, 0.2) is 0 Å². The monoisotopic (exact) mass is 203 g/mol. The van der Waals surface area contributed by atoms with E-state index in [0.29, 0.717) is 0 Å². The topological polar surface area (TPSA) is 42.0 Å². The molecule has 76 valence electrons. The summed E-state index contributed by atoms with van der Waals surface area (Å²) in [5.74, 6) is -0.543. The van der Waals surface area contributed by atoms with Crippen LogP contribution >= 0.6 is 0 Å². The highest BCUT2D eigenvalue weighted by Crippen LogP contribution is 2.10. The molecule has 0 saturated heterocycles. The molecule has 1 N–H and O–H groups in total. The summed E-state index contributed by atoms with van der Waals surface area (Å²) in [4.78, 5) is 14.1. The van der Waals surface area contributed by atoms with E-state index in [9.17, 15) is 17.7 Å². The van der Waals surface area contributed by atoms with Crippen LogP contribution in [0.25, 0.3) is 0 Å². The van der Waals surface area contributed by atoms with Crippen LogP contribution in [0.1, 0.15) is 6.92 Å². The van der Waals surface area contributed by atoms with Crippen molar-refractivity contribution >= 4 is 24.2 Å². The SMILES string of the molecule is CC(=O)Nc1cc([B-](F)(F)F)ccn1. The van der Waals surface area contributed by atoms with E-state index >= 15 is 0 Å². The lowest BCUT2D eigenvalue weighted by molar-refractivity contribution is -0.114. The molecule has 0 fully saturated rings. The summed E-state index contributed by atoms with van der Waals surface area (Å²) in [6, 6.07) is 1.67. The summed E-state index contributed by atoms with van der Waals surface area (Å²) in [7, 11) is 0. The van der Waals surface area contributed by atoms with E-state index in [1.165, 1.54) is 6.92 Å². The van der Waals surface area contributed by atoms with Crippen LogP contribution < -0.4 is 10.8 Å². The molecule has 3 nitrogen and oxygen atoms in total. The molecule has 1 heterocycles. The van der Waals surface area contributed by atoms with Gasteiger partial charge in [0, 0.05) is 13.1 Å². The third kappa shape index (κ3) is 2.76. The second kappa shape index (κ2) is 3.69. The number of amides is 1. The van der Waals surface area contributed by atoms with Crippen molar-refractivity contribution in [1.29, 1.82) is 0 Å². The van der Waals surface area contributed by atoms with Crippen molar-refractivity contribution in [1.82, 2.24) is 4.98 Å². The van der Waals surface area contributed by atoms with Crippen LogP contribution in [0.2, 0.25) is 0 Å². The molecular formula is C7H7BF3N2O-. The van der Waals surface area contributed by atoms with Gasteiger partial charge in [0.1, 0.15) is 5.82 Å². The van der Waals surface area contributed by atoms with Crippen molar-refractivity contribution in [3.8, 4) is 0 Å². The molecule has 0 aromatic carbocycles. The first kappa shape index (κ1) is 10.6. The van der Waals surface area contributed by atoms with Gasteiger partial charge in [-0.15, -0.1) is 5.46 Å². The lowest BCUT2D eigenvalue weighted by atomic mass is 9.81. The van der Waals surface area contributed by atoms with Gasteiger partial charge in [-0.3, -0.25) is 4.79 Å². The number of hydrogen-bond donors (Lipinski definition) is 1. The maximum Gasteiger partial charge on any atom is 0.509 e. The summed E-state index contributed by atoms with van der Waals surface area (Å²) < 4.78 is 36.7. The first-order valence-electron chi connectivity index (χ1n) is 3.83. The average molecular weight is 203 g/mol. The molecular weight excluding hydrogens is 196 g/mol. The smallest absolute Gasteiger partial charge is 0.445 e. The zero-order valence-electron chi connectivity index (χ0n) is 7.30. The van der Waals surface area contributed by atoms with Crippen LogP contribution in [0.3, 0.4) is 0 Å². The maximum atomic E-state index is 12.2. The van der Waals surface area contributed by atoms with Crippen molar-refractivity contribution in [3.63, 3.8) is 0 Å². The predicted octanol–water partition coefficient (Wildman–Crippen LogP) is 1.09. The van der Waals surface area contributed by atoms with Crippen LogP contribution in [-0.4, -0.2) is 17.9 Å². The van der Waals surface area contributed by atoms with Crippen molar-refractivity contribution in [2.75, 3.05) is 5.32 Å². The zero-order chi connectivity index (χ0) is 10.8. The summed E-state index contributed by atoms with van der Waals surface area (Å²) in [5, 5.41) is 2.18. The minimum absolute atomic E-state index is 0.0887. The highest BCUT2D eigenvalue weighted by atomic mass is 19.4. The van der Waals surface area contributed by atoms with E-state index in [0.717, 1.165) is 18.3 Å². The molecule has 1 aromatic rings. The fraction of sp³-hybridized carbons (Fsp3) is 0.143. The Balaban J connectivity index is 2.95. The summed E-state index contributed by atoms with van der Waals surface area (Å²) >= 11 is 0. The van der Waals surface area contributed by atoms with E-state index in [1.54, 1.807) is 0 Å². The number of pyridine rings is 1. The molecule has 1 amide bonds. The van der Waals surface area contributed by atoms with Crippen LogP contribution in [0.4, 0.5) is 18.8 Å². The van der Waals surface area contributed by atoms with Crippen LogP contribution in [0, 0.1) is 0 Å². The summed E-state index contributed by atoms with van der Waals surface area (Å²) in [5.41, 5.74) is -0.774. The van der Waals surface area contributed by atoms with Crippen LogP contribution in [-0.2, 0) is 4.79 Å². The van der Waals surface area contributed by atoms with Crippen molar-refractivity contribution in [2.45, 2.75) is 6.92 Å². The van der Waals surface area contributed by atoms with Gasteiger partial charge in [-0.25, -0.2) is 4.98 Å². The standard InChI is InChI=1S/C7H7BF3N2O/c1-5(14)13-7-4-6(2-3-12-7)8(9,10)11/h2-4H,1H3,(H,12,13,14)/q-1. The van der Waals surface area contributed by atoms with Gasteiger partial charge in [-0.05, 0) is 6.07 Å². The fourth-order valence-corrected chi connectivity index (χ4v) is 0.899. The Labute approximate surface area is 78.4 Å². The fourth-order valence-electron chi connectivity index (χ4n) is 0.899. The number of anilines is 1. The van der Waals surface area contributed by atoms with Gasteiger partial charge < -0.3 is 18.3 Å². The molecule has 0 atom stereocenters. The Kier molecular flexibility index (Phi) is 2.78. The van der Waals surface area contributed by atoms with Crippen molar-refractivity contribution in [3.05, 3.63) is 18.3 Å². The molecule has 0 aliphatic carbocycles. The first-order valence-corrected chi connectivity index (χ1v) is 3.83. The lowest BCUT2D eigenvalue weighted by Crippen LogP contribution is -2.34. The Morgan fingerprint density at radius 3 is 2.64 bits per heavy atom. The molecule has 0 aliphatic rings. The Morgan fingerprint density at radius 2 is 2.14 bits per heavy atom. The quantitative estimate of drug-likeness (QED) is 0.731. The Morgan fingerprint density at radius 1 is 1.50 bits per heavy atom. The molecule has 1 rings (SSSR count). The molecule has 14 heavy (non-hydrogen) atoms. The van der Waals surface area contributed by atoms with Crippen LogP contribution in [0.5, 0.6) is 0 Å². The zero-order valence-corrected chi connectivity index (χ0v) is 7.30. The molecule has 0 spiro atoms. The van der Waals surface area contributed by atoms with E-state index in [2.05, 4.69) is 10.3 Å². The van der Waals surface area contributed by atoms with E-state index < -0.39 is 18.3 Å². The largest absolute Gasteiger partial charge is 0.509 e. The molecule has 0 unspecified atom stereocenters. The summed E-state index contributed by atoms with van der Waals surface area (Å²) in [6.07, 6.45) is 1.01. The van der Waals surface area contributed by atoms with Gasteiger partial charge in [0.2, 0.25) is 5.91 Å². The second-order valence-corrected chi connectivity index (χ2v) is 2.73. The average Bonchev–Trinajstić information content (AvgIpc) is 2.01. The van der Waals surface area contributed by atoms with Gasteiger partial charge in [-0.2, -0.15) is 0 Å². The summed E-state index contributed by atoms with van der Waals surface area (Å²) in [6.45, 7) is -3.84. The van der Waals surface area contributed by atoms with E-state index in [1.807, 2.05) is 0 Å². The minimum Gasteiger partial charge on any atom is -0.445 e. The Bertz CT molecular complexity index is 353. The normalized spacial score (nSPS) is 11.1. The molecule has 7 heteroatoms. The maximum absolute atomic E-state index is 12.2. The van der Waals surface area contributed by atoms with Gasteiger partial charge >= 0.3 is 6.98 Å². The third-order valence-electron chi connectivity index (χ3n) is 1.47. The number of nitrogens with one attached hydrogen (secondary N) is 1. The van der Waals surface area contributed by atoms with E-state index in [-0.39, 0.29) is 5.82 Å². The number of carbonyl (C=O) groups is 1. The Hall–Kier alpha value is -1.53. The minimum atomic E-state index is -5.04. The predicted molar refractivity (Wildman–Crippen MR) is 47.3 cm³/mol. The number of aromatic nitrogens is 1. The molecule has 0 aliphatic heterocycles. The number of carbonyl (C=O) groups excluding carboxylic acids is 1. The van der Waals surface area contributed by atoms with Gasteiger partial charge in [0.05, 0.1) is 0 Å². The molecule has 1 aromatic heterocycles. The molecule has 0 saturated carbocycles. The lowest BCUT2D eigenvalue weighted by Gasteiger charge is -2.15. The van der Waals surface area contributed by atoms with Crippen molar-refractivity contribution < 1.29 is 17.7 Å². The third-order valence-corrected chi connectivity index (χ3v) is 1.47. The molecule has 0 bridgehead atoms. The first-order chi connectivity index (χ1) is 6.39. The molecule has 0 radical (unpaired) electrons. The number of nitrogens with zero attached hydrogens (tertiary/aromatic N) is 1. The van der Waals surface area contributed by atoms with Crippen molar-refractivity contribution in [2.24, 2.45) is 0 Å². The number of hydrogen-bond acceptors (Lipinski definition) is 2.